The van der Waals surface area contributed by atoms with Crippen molar-refractivity contribution < 1.29 is 27.4 Å². The van der Waals surface area contributed by atoms with Gasteiger partial charge in [0.15, 0.2) is 5.90 Å². The van der Waals surface area contributed by atoms with Crippen molar-refractivity contribution in [1.29, 1.82) is 0 Å². The smallest absolute Gasteiger partial charge is 0.446 e. The van der Waals surface area contributed by atoms with Gasteiger partial charge in [-0.05, 0) is 12.8 Å². The van der Waals surface area contributed by atoms with E-state index in [4.69, 9.17) is 4.74 Å². The Morgan fingerprint density at radius 3 is 2.35 bits per heavy atom. The minimum atomic E-state index is -5.02. The zero-order valence-corrected chi connectivity index (χ0v) is 13.3. The van der Waals surface area contributed by atoms with Crippen LogP contribution in [0.3, 0.4) is 0 Å². The van der Waals surface area contributed by atoms with Crippen molar-refractivity contribution >= 4 is 17.9 Å². The first-order valence-corrected chi connectivity index (χ1v) is 7.41. The van der Waals surface area contributed by atoms with E-state index in [9.17, 15) is 18.0 Å². The number of methoxy groups -OCH3 is 1. The summed E-state index contributed by atoms with van der Waals surface area (Å²) < 4.78 is 50.7. The Morgan fingerprint density at radius 1 is 1.26 bits per heavy atom. The molecule has 0 aromatic heterocycles. The second kappa shape index (κ2) is 6.37. The van der Waals surface area contributed by atoms with Gasteiger partial charge in [0.2, 0.25) is 0 Å². The van der Waals surface area contributed by atoms with Crippen LogP contribution in [0.2, 0.25) is 0 Å². The average Bonchev–Trinajstić information content (AvgIpc) is 2.53. The molecule has 6 nitrogen and oxygen atoms in total. The van der Waals surface area contributed by atoms with Crippen LogP contribution in [0.5, 0.6) is 0 Å². The molecule has 23 heavy (non-hydrogen) atoms. The van der Waals surface area contributed by atoms with E-state index in [-0.39, 0.29) is 17.8 Å². The molecular formula is C14H20F3N3O3. The largest absolute Gasteiger partial charge is 0.465 e. The van der Waals surface area contributed by atoms with Crippen LogP contribution in [0.25, 0.3) is 0 Å². The van der Waals surface area contributed by atoms with Crippen molar-refractivity contribution in [2.75, 3.05) is 21.2 Å². The van der Waals surface area contributed by atoms with E-state index in [1.807, 2.05) is 0 Å². The summed E-state index contributed by atoms with van der Waals surface area (Å²) in [5.41, 5.74) is -3.30. The van der Waals surface area contributed by atoms with Crippen LogP contribution in [0, 0.1) is 5.92 Å². The summed E-state index contributed by atoms with van der Waals surface area (Å²) in [6, 6.07) is -0.303. The maximum atomic E-state index is 13.6. The third kappa shape index (κ3) is 3.28. The summed E-state index contributed by atoms with van der Waals surface area (Å²) >= 11 is 0. The zero-order valence-electron chi connectivity index (χ0n) is 13.3. The van der Waals surface area contributed by atoms with Gasteiger partial charge in [0, 0.05) is 20.0 Å². The van der Waals surface area contributed by atoms with E-state index >= 15 is 0 Å². The molecule has 2 rings (SSSR count). The molecule has 1 heterocycles. The first-order valence-electron chi connectivity index (χ1n) is 7.41. The van der Waals surface area contributed by atoms with Gasteiger partial charge in [0.1, 0.15) is 0 Å². The van der Waals surface area contributed by atoms with Gasteiger partial charge >= 0.3 is 17.8 Å². The Labute approximate surface area is 132 Å². The molecule has 0 bridgehead atoms. The minimum absolute atomic E-state index is 0.0916. The maximum absolute atomic E-state index is 13.6. The highest BCUT2D eigenvalue weighted by Gasteiger charge is 2.65. The van der Waals surface area contributed by atoms with Crippen molar-refractivity contribution in [3.8, 4) is 0 Å². The predicted molar refractivity (Wildman–Crippen MR) is 77.0 cm³/mol. The van der Waals surface area contributed by atoms with Gasteiger partial charge in [-0.1, -0.05) is 19.3 Å². The van der Waals surface area contributed by atoms with Crippen LogP contribution < -0.4 is 0 Å². The normalized spacial score (nSPS) is 26.0. The lowest BCUT2D eigenvalue weighted by Gasteiger charge is -2.34. The number of halogens is 3. The molecule has 0 N–H and O–H groups in total. The van der Waals surface area contributed by atoms with E-state index in [0.29, 0.717) is 12.8 Å². The molecule has 1 fully saturated rings. The SMILES string of the molecule is COC(=O)C1(C(F)(F)F)N=C(C2CCCCC2)OC(N(C)C)=N1. The fourth-order valence-electron chi connectivity index (χ4n) is 2.65. The molecule has 1 saturated carbocycles. The van der Waals surface area contributed by atoms with Gasteiger partial charge in [-0.3, -0.25) is 0 Å². The van der Waals surface area contributed by atoms with Gasteiger partial charge in [0.25, 0.3) is 6.02 Å². The van der Waals surface area contributed by atoms with Crippen molar-refractivity contribution in [3.63, 3.8) is 0 Å². The Hall–Kier alpha value is -1.80. The lowest BCUT2D eigenvalue weighted by molar-refractivity contribution is -0.202. The first kappa shape index (κ1) is 17.6. The zero-order chi connectivity index (χ0) is 17.3. The fraction of sp³-hybridized carbons (Fsp3) is 0.786. The molecule has 1 unspecified atom stereocenters. The number of ether oxygens (including phenoxy) is 2. The maximum Gasteiger partial charge on any atom is 0.446 e. The number of nitrogens with zero attached hydrogens (tertiary/aromatic N) is 3. The highest BCUT2D eigenvalue weighted by molar-refractivity contribution is 5.98. The molecule has 0 aromatic rings. The number of amidine groups is 1. The third-order valence-corrected chi connectivity index (χ3v) is 3.93. The van der Waals surface area contributed by atoms with E-state index in [1.54, 1.807) is 0 Å². The number of esters is 1. The Bertz CT molecular complexity index is 525. The molecular weight excluding hydrogens is 315 g/mol. The van der Waals surface area contributed by atoms with Crippen molar-refractivity contribution in [3.05, 3.63) is 0 Å². The van der Waals surface area contributed by atoms with Crippen LogP contribution in [-0.4, -0.2) is 55.8 Å². The highest BCUT2D eigenvalue weighted by atomic mass is 19.4. The summed E-state index contributed by atoms with van der Waals surface area (Å²) in [5.74, 6) is -1.91. The molecule has 0 aromatic carbocycles. The summed E-state index contributed by atoms with van der Waals surface area (Å²) in [6.45, 7) is 0. The third-order valence-electron chi connectivity index (χ3n) is 3.93. The number of rotatable bonds is 2. The van der Waals surface area contributed by atoms with Gasteiger partial charge in [0.05, 0.1) is 7.11 Å². The summed E-state index contributed by atoms with van der Waals surface area (Å²) in [4.78, 5) is 20.2. The second-order valence-electron chi connectivity index (χ2n) is 5.84. The van der Waals surface area contributed by atoms with Crippen LogP contribution in [-0.2, 0) is 14.3 Å². The molecule has 2 aliphatic rings. The molecule has 0 spiro atoms. The van der Waals surface area contributed by atoms with E-state index in [2.05, 4.69) is 14.7 Å². The minimum Gasteiger partial charge on any atom is -0.465 e. The number of aliphatic imine (C=N–C) groups is 2. The van der Waals surface area contributed by atoms with E-state index in [1.165, 1.54) is 19.0 Å². The highest BCUT2D eigenvalue weighted by Crippen LogP contribution is 2.40. The lowest BCUT2D eigenvalue weighted by atomic mass is 9.89. The number of alkyl halides is 3. The van der Waals surface area contributed by atoms with Crippen molar-refractivity contribution in [2.24, 2.45) is 15.9 Å². The van der Waals surface area contributed by atoms with Crippen molar-refractivity contribution in [1.82, 2.24) is 4.90 Å². The Kier molecular flexibility index (Phi) is 4.86. The van der Waals surface area contributed by atoms with E-state index in [0.717, 1.165) is 26.4 Å². The van der Waals surface area contributed by atoms with Gasteiger partial charge in [-0.2, -0.15) is 18.2 Å². The molecule has 1 aliphatic heterocycles. The van der Waals surface area contributed by atoms with Crippen LogP contribution in [0.15, 0.2) is 9.98 Å². The molecule has 0 amide bonds. The van der Waals surface area contributed by atoms with Crippen molar-refractivity contribution in [2.45, 2.75) is 43.9 Å². The Morgan fingerprint density at radius 2 is 1.87 bits per heavy atom. The molecule has 1 aliphatic carbocycles. The van der Waals surface area contributed by atoms with Gasteiger partial charge < -0.3 is 14.4 Å². The summed E-state index contributed by atoms with van der Waals surface area (Å²) in [7, 11) is 3.86. The number of hydrogen-bond donors (Lipinski definition) is 0. The van der Waals surface area contributed by atoms with Crippen LogP contribution in [0.4, 0.5) is 13.2 Å². The Balaban J connectivity index is 2.52. The molecule has 0 radical (unpaired) electrons. The number of carbonyl (C=O) groups is 1. The molecule has 130 valence electrons. The molecule has 9 heteroatoms. The number of hydrogen-bond acceptors (Lipinski definition) is 6. The second-order valence-corrected chi connectivity index (χ2v) is 5.84. The lowest BCUT2D eigenvalue weighted by Crippen LogP contribution is -2.55. The van der Waals surface area contributed by atoms with Crippen LogP contribution >= 0.6 is 0 Å². The number of carbonyl (C=O) groups excluding carboxylic acids is 1. The predicted octanol–water partition coefficient (Wildman–Crippen LogP) is 2.34. The van der Waals surface area contributed by atoms with Gasteiger partial charge in [-0.25, -0.2) is 9.79 Å². The van der Waals surface area contributed by atoms with Crippen LogP contribution in [0.1, 0.15) is 32.1 Å². The monoisotopic (exact) mass is 335 g/mol. The first-order chi connectivity index (χ1) is 10.7. The quantitative estimate of drug-likeness (QED) is 0.727. The standard InChI is InChI=1S/C14H20F3N3O3/c1-20(2)12-19-13(11(21)22-3,14(15,16)17)18-10(23-12)9-7-5-4-6-8-9/h9H,4-8H2,1-3H3. The topological polar surface area (TPSA) is 63.5 Å². The summed E-state index contributed by atoms with van der Waals surface area (Å²) in [5, 5.41) is 0. The fourth-order valence-corrected chi connectivity index (χ4v) is 2.65. The van der Waals surface area contributed by atoms with Gasteiger partial charge in [-0.15, -0.1) is 0 Å². The summed E-state index contributed by atoms with van der Waals surface area (Å²) in [6.07, 6.45) is -0.869. The molecule has 1 atom stereocenters. The van der Waals surface area contributed by atoms with E-state index < -0.39 is 17.8 Å². The molecule has 0 saturated heterocycles. The average molecular weight is 335 g/mol.